The number of hydrogen-bond donors (Lipinski definition) is 1. The molecule has 3 aromatic carbocycles. The lowest BCUT2D eigenvalue weighted by Crippen LogP contribution is -2.34. The summed E-state index contributed by atoms with van der Waals surface area (Å²) in [5.41, 5.74) is 0.659. The molecule has 6 nitrogen and oxygen atoms in total. The number of carbonyl (C=O) groups excluding carboxylic acids is 3. The van der Waals surface area contributed by atoms with Crippen LogP contribution in [0.4, 0.5) is 0 Å². The number of ether oxygens (including phenoxy) is 2. The Labute approximate surface area is 155 Å². The topological polar surface area (TPSA) is 81.7 Å². The number of rotatable bonds is 5. The highest BCUT2D eigenvalue weighted by Crippen LogP contribution is 2.28. The highest BCUT2D eigenvalue weighted by molar-refractivity contribution is 6.08. The maximum atomic E-state index is 12.4. The molecule has 0 unspecified atom stereocenters. The molecule has 0 aliphatic rings. The summed E-state index contributed by atoms with van der Waals surface area (Å²) in [5.74, 6) is -1.27. The van der Waals surface area contributed by atoms with Gasteiger partial charge in [-0.1, -0.05) is 42.5 Å². The van der Waals surface area contributed by atoms with Crippen LogP contribution in [-0.2, 0) is 9.53 Å². The molecule has 0 saturated carbocycles. The van der Waals surface area contributed by atoms with Crippen LogP contribution >= 0.6 is 0 Å². The maximum absolute atomic E-state index is 12.4. The molecule has 0 radical (unpaired) electrons. The Hall–Kier alpha value is -3.67. The van der Waals surface area contributed by atoms with E-state index in [2.05, 4.69) is 5.32 Å². The van der Waals surface area contributed by atoms with Crippen LogP contribution in [0.1, 0.15) is 20.7 Å². The molecule has 3 rings (SSSR count). The maximum Gasteiger partial charge on any atom is 0.339 e. The van der Waals surface area contributed by atoms with Crippen molar-refractivity contribution in [1.29, 1.82) is 0 Å². The number of methoxy groups -OCH3 is 1. The normalized spacial score (nSPS) is 10.3. The molecular formula is C21H17NO5. The Bertz CT molecular complexity index is 998. The van der Waals surface area contributed by atoms with Crippen molar-refractivity contribution in [2.24, 2.45) is 0 Å². The third-order valence-electron chi connectivity index (χ3n) is 3.95. The first-order valence-corrected chi connectivity index (χ1v) is 8.22. The molecule has 27 heavy (non-hydrogen) atoms. The second kappa shape index (κ2) is 8.14. The number of imide groups is 1. The van der Waals surface area contributed by atoms with Gasteiger partial charge in [0.25, 0.3) is 11.8 Å². The van der Waals surface area contributed by atoms with Crippen LogP contribution in [0, 0.1) is 0 Å². The Morgan fingerprint density at radius 2 is 1.52 bits per heavy atom. The summed E-state index contributed by atoms with van der Waals surface area (Å²) in [6.45, 7) is -0.558. The molecule has 0 aromatic heterocycles. The van der Waals surface area contributed by atoms with Gasteiger partial charge in [-0.25, -0.2) is 4.79 Å². The summed E-state index contributed by atoms with van der Waals surface area (Å²) in [6, 6.07) is 18.8. The van der Waals surface area contributed by atoms with Crippen molar-refractivity contribution in [3.05, 3.63) is 77.9 Å². The van der Waals surface area contributed by atoms with Gasteiger partial charge in [0.2, 0.25) is 0 Å². The monoisotopic (exact) mass is 363 g/mol. The van der Waals surface area contributed by atoms with E-state index in [4.69, 9.17) is 9.47 Å². The van der Waals surface area contributed by atoms with Crippen molar-refractivity contribution in [3.8, 4) is 5.75 Å². The summed E-state index contributed by atoms with van der Waals surface area (Å²) < 4.78 is 10.4. The van der Waals surface area contributed by atoms with Crippen LogP contribution in [-0.4, -0.2) is 31.5 Å². The summed E-state index contributed by atoms with van der Waals surface area (Å²) in [7, 11) is 1.55. The van der Waals surface area contributed by atoms with Gasteiger partial charge < -0.3 is 9.47 Å². The number of esters is 1. The second-order valence-electron chi connectivity index (χ2n) is 5.68. The predicted octanol–water partition coefficient (Wildman–Crippen LogP) is 2.96. The molecule has 0 heterocycles. The SMILES string of the molecule is COc1ccc(C(=O)OCC(=O)NC(=O)c2ccccc2)c2ccccc12. The van der Waals surface area contributed by atoms with Gasteiger partial charge in [-0.2, -0.15) is 0 Å². The minimum Gasteiger partial charge on any atom is -0.496 e. The van der Waals surface area contributed by atoms with Crippen molar-refractivity contribution < 1.29 is 23.9 Å². The molecule has 0 aliphatic heterocycles. The fourth-order valence-corrected chi connectivity index (χ4v) is 2.66. The van der Waals surface area contributed by atoms with E-state index in [1.807, 2.05) is 12.1 Å². The molecule has 0 bridgehead atoms. The van der Waals surface area contributed by atoms with Gasteiger partial charge in [-0.15, -0.1) is 0 Å². The first-order valence-electron chi connectivity index (χ1n) is 8.22. The molecule has 3 aromatic rings. The number of benzene rings is 3. The molecule has 0 atom stereocenters. The zero-order valence-electron chi connectivity index (χ0n) is 14.6. The van der Waals surface area contributed by atoms with Gasteiger partial charge in [-0.05, 0) is 29.7 Å². The lowest BCUT2D eigenvalue weighted by atomic mass is 10.0. The number of fused-ring (bicyclic) bond motifs is 1. The summed E-state index contributed by atoms with van der Waals surface area (Å²) >= 11 is 0. The van der Waals surface area contributed by atoms with Crippen molar-refractivity contribution in [2.45, 2.75) is 0 Å². The van der Waals surface area contributed by atoms with Crippen molar-refractivity contribution >= 4 is 28.6 Å². The third kappa shape index (κ3) is 4.12. The minimum atomic E-state index is -0.699. The van der Waals surface area contributed by atoms with Gasteiger partial charge in [-0.3, -0.25) is 14.9 Å². The van der Waals surface area contributed by atoms with Crippen LogP contribution < -0.4 is 10.1 Å². The quantitative estimate of drug-likeness (QED) is 0.705. The molecule has 0 spiro atoms. The number of amides is 2. The van der Waals surface area contributed by atoms with Crippen molar-refractivity contribution in [3.63, 3.8) is 0 Å². The van der Waals surface area contributed by atoms with E-state index in [0.717, 1.165) is 5.39 Å². The van der Waals surface area contributed by atoms with E-state index in [-0.39, 0.29) is 0 Å². The summed E-state index contributed by atoms with van der Waals surface area (Å²) in [4.78, 5) is 36.2. The van der Waals surface area contributed by atoms with Crippen LogP contribution in [0.2, 0.25) is 0 Å². The van der Waals surface area contributed by atoms with Crippen molar-refractivity contribution in [2.75, 3.05) is 13.7 Å². The van der Waals surface area contributed by atoms with Gasteiger partial charge in [0, 0.05) is 10.9 Å². The zero-order valence-corrected chi connectivity index (χ0v) is 14.6. The first kappa shape index (κ1) is 18.1. The lowest BCUT2D eigenvalue weighted by molar-refractivity contribution is -0.123. The number of hydrogen-bond acceptors (Lipinski definition) is 5. The lowest BCUT2D eigenvalue weighted by Gasteiger charge is -2.10. The molecule has 0 fully saturated rings. The average Bonchev–Trinajstić information content (AvgIpc) is 2.71. The van der Waals surface area contributed by atoms with E-state index in [0.29, 0.717) is 22.3 Å². The second-order valence-corrected chi connectivity index (χ2v) is 5.68. The Morgan fingerprint density at radius 3 is 2.22 bits per heavy atom. The van der Waals surface area contributed by atoms with Gasteiger partial charge in [0.15, 0.2) is 6.61 Å². The van der Waals surface area contributed by atoms with Crippen LogP contribution in [0.15, 0.2) is 66.7 Å². The summed E-state index contributed by atoms with van der Waals surface area (Å²) in [5, 5.41) is 3.60. The molecule has 0 saturated heterocycles. The molecule has 1 N–H and O–H groups in total. The average molecular weight is 363 g/mol. The fraction of sp³-hybridized carbons (Fsp3) is 0.0952. The largest absolute Gasteiger partial charge is 0.496 e. The molecule has 6 heteroatoms. The van der Waals surface area contributed by atoms with Crippen molar-refractivity contribution in [1.82, 2.24) is 5.32 Å². The van der Waals surface area contributed by atoms with E-state index in [1.54, 1.807) is 61.7 Å². The van der Waals surface area contributed by atoms with Gasteiger partial charge >= 0.3 is 5.97 Å². The molecule has 2 amide bonds. The van der Waals surface area contributed by atoms with E-state index in [9.17, 15) is 14.4 Å². The Kier molecular flexibility index (Phi) is 5.47. The third-order valence-corrected chi connectivity index (χ3v) is 3.95. The smallest absolute Gasteiger partial charge is 0.339 e. The van der Waals surface area contributed by atoms with E-state index in [1.165, 1.54) is 0 Å². The standard InChI is InChI=1S/C21H17NO5/c1-26-18-12-11-17(15-9-5-6-10-16(15)18)21(25)27-13-19(23)22-20(24)14-7-3-2-4-8-14/h2-12H,13H2,1H3,(H,22,23,24). The van der Waals surface area contributed by atoms with Gasteiger partial charge in [0.1, 0.15) is 5.75 Å². The van der Waals surface area contributed by atoms with E-state index >= 15 is 0 Å². The van der Waals surface area contributed by atoms with Gasteiger partial charge in [0.05, 0.1) is 12.7 Å². The number of carbonyl (C=O) groups is 3. The van der Waals surface area contributed by atoms with Crippen LogP contribution in [0.25, 0.3) is 10.8 Å². The fourth-order valence-electron chi connectivity index (χ4n) is 2.66. The minimum absolute atomic E-state index is 0.314. The predicted molar refractivity (Wildman–Crippen MR) is 99.7 cm³/mol. The molecule has 136 valence electrons. The molecule has 0 aliphatic carbocycles. The zero-order chi connectivity index (χ0) is 19.2. The van der Waals surface area contributed by atoms with Crippen LogP contribution in [0.5, 0.6) is 5.75 Å². The van der Waals surface area contributed by atoms with Crippen LogP contribution in [0.3, 0.4) is 0 Å². The molecular weight excluding hydrogens is 346 g/mol. The first-order chi connectivity index (χ1) is 13.1. The Morgan fingerprint density at radius 1 is 0.852 bits per heavy atom. The number of nitrogens with one attached hydrogen (secondary N) is 1. The summed E-state index contributed by atoms with van der Waals surface area (Å²) in [6.07, 6.45) is 0. The Balaban J connectivity index is 1.67. The van der Waals surface area contributed by atoms with E-state index < -0.39 is 24.4 Å². The highest BCUT2D eigenvalue weighted by Gasteiger charge is 2.16. The highest BCUT2D eigenvalue weighted by atomic mass is 16.5.